The van der Waals surface area contributed by atoms with E-state index in [1.807, 2.05) is 12.2 Å². The van der Waals surface area contributed by atoms with Crippen LogP contribution in [0.1, 0.15) is 56.6 Å². The summed E-state index contributed by atoms with van der Waals surface area (Å²) in [5, 5.41) is 17.0. The Morgan fingerprint density at radius 1 is 1.18 bits per heavy atom. The number of rotatable bonds is 6. The van der Waals surface area contributed by atoms with Crippen molar-refractivity contribution in [3.8, 4) is 6.07 Å². The summed E-state index contributed by atoms with van der Waals surface area (Å²) in [6.45, 7) is 2.23. The molecular weight excluding hydrogens is 268 g/mol. The maximum absolute atomic E-state index is 9.18. The molecule has 1 aliphatic rings. The Morgan fingerprint density at radius 3 is 2.64 bits per heavy atom. The Morgan fingerprint density at radius 2 is 1.95 bits per heavy atom. The van der Waals surface area contributed by atoms with Crippen LogP contribution in [-0.4, -0.2) is 5.71 Å². The Hall–Kier alpha value is -2.14. The molecule has 1 aliphatic carbocycles. The number of nitriles is 1. The third-order valence-corrected chi connectivity index (χ3v) is 4.06. The molecule has 0 bridgehead atoms. The molecule has 0 atom stereocenters. The minimum absolute atomic E-state index is 0.595. The third-order valence-electron chi connectivity index (χ3n) is 4.06. The maximum atomic E-state index is 9.18. The molecular formula is C20H24N2. The van der Waals surface area contributed by atoms with Crippen molar-refractivity contribution in [2.45, 2.75) is 51.9 Å². The summed E-state index contributed by atoms with van der Waals surface area (Å²) in [6, 6.07) is 10.8. The molecule has 1 aromatic rings. The lowest BCUT2D eigenvalue weighted by Crippen LogP contribution is -2.05. The highest BCUT2D eigenvalue weighted by Crippen LogP contribution is 2.24. The van der Waals surface area contributed by atoms with Gasteiger partial charge in [-0.2, -0.15) is 5.26 Å². The van der Waals surface area contributed by atoms with Crippen LogP contribution in [0, 0.1) is 16.7 Å². The second-order valence-electron chi connectivity index (χ2n) is 5.94. The fourth-order valence-electron chi connectivity index (χ4n) is 2.74. The van der Waals surface area contributed by atoms with Crippen LogP contribution in [0.5, 0.6) is 0 Å². The number of aryl methyl sites for hydroxylation is 1. The quantitative estimate of drug-likeness (QED) is 0.696. The monoisotopic (exact) mass is 292 g/mol. The van der Waals surface area contributed by atoms with Gasteiger partial charge in [0.25, 0.3) is 0 Å². The average Bonchev–Trinajstić information content (AvgIpc) is 2.53. The van der Waals surface area contributed by atoms with Crippen LogP contribution in [0.3, 0.4) is 0 Å². The van der Waals surface area contributed by atoms with Gasteiger partial charge in [0, 0.05) is 18.6 Å². The van der Waals surface area contributed by atoms with Gasteiger partial charge in [0.15, 0.2) is 0 Å². The molecule has 0 heterocycles. The van der Waals surface area contributed by atoms with Crippen molar-refractivity contribution in [2.24, 2.45) is 0 Å². The van der Waals surface area contributed by atoms with Gasteiger partial charge in [0.05, 0.1) is 11.6 Å². The van der Waals surface area contributed by atoms with Crippen LogP contribution >= 0.6 is 0 Å². The van der Waals surface area contributed by atoms with Crippen LogP contribution in [0.25, 0.3) is 6.08 Å². The highest BCUT2D eigenvalue weighted by Gasteiger charge is 2.13. The summed E-state index contributed by atoms with van der Waals surface area (Å²) in [5.74, 6) is 0. The van der Waals surface area contributed by atoms with E-state index in [2.05, 4.69) is 37.3 Å². The first kappa shape index (κ1) is 16.2. The largest absolute Gasteiger partial charge is 0.309 e. The minimum Gasteiger partial charge on any atom is -0.309 e. The van der Waals surface area contributed by atoms with E-state index in [-0.39, 0.29) is 0 Å². The first-order valence-electron chi connectivity index (χ1n) is 8.19. The average molecular weight is 292 g/mol. The zero-order valence-corrected chi connectivity index (χ0v) is 13.4. The number of nitrogens with one attached hydrogen (secondary N) is 1. The van der Waals surface area contributed by atoms with E-state index in [4.69, 9.17) is 5.41 Å². The highest BCUT2D eigenvalue weighted by molar-refractivity contribution is 5.90. The molecule has 2 rings (SSSR count). The van der Waals surface area contributed by atoms with Crippen LogP contribution < -0.4 is 0 Å². The van der Waals surface area contributed by atoms with Crippen molar-refractivity contribution in [1.29, 1.82) is 10.7 Å². The van der Waals surface area contributed by atoms with Crippen molar-refractivity contribution in [1.82, 2.24) is 0 Å². The molecule has 1 aromatic carbocycles. The van der Waals surface area contributed by atoms with Crippen LogP contribution in [0.4, 0.5) is 0 Å². The lowest BCUT2D eigenvalue weighted by molar-refractivity contribution is 0.667. The number of hydrogen-bond donors (Lipinski definition) is 1. The summed E-state index contributed by atoms with van der Waals surface area (Å²) in [7, 11) is 0. The van der Waals surface area contributed by atoms with E-state index in [0.29, 0.717) is 18.6 Å². The number of hydrogen-bond acceptors (Lipinski definition) is 2. The first-order valence-corrected chi connectivity index (χ1v) is 8.19. The first-order chi connectivity index (χ1) is 10.7. The Balaban J connectivity index is 2.02. The highest BCUT2D eigenvalue weighted by atomic mass is 14.4. The van der Waals surface area contributed by atoms with Crippen molar-refractivity contribution in [3.63, 3.8) is 0 Å². The minimum atomic E-state index is 0.595. The van der Waals surface area contributed by atoms with Crippen LogP contribution in [-0.2, 0) is 6.42 Å². The summed E-state index contributed by atoms with van der Waals surface area (Å²) in [6.07, 6.45) is 11.4. The van der Waals surface area contributed by atoms with Gasteiger partial charge in [-0.3, -0.25) is 0 Å². The molecule has 0 aromatic heterocycles. The van der Waals surface area contributed by atoms with Gasteiger partial charge in [0.1, 0.15) is 0 Å². The second-order valence-corrected chi connectivity index (χ2v) is 5.94. The smallest absolute Gasteiger partial charge is 0.0991 e. The SMILES string of the molecule is CCCCCCc1ccc(C=C2CC(=N)CC=C2C#N)cc1. The molecule has 0 unspecified atom stereocenters. The van der Waals surface area contributed by atoms with Gasteiger partial charge >= 0.3 is 0 Å². The van der Waals surface area contributed by atoms with Crippen molar-refractivity contribution in [3.05, 3.63) is 52.6 Å². The molecule has 2 nitrogen and oxygen atoms in total. The van der Waals surface area contributed by atoms with E-state index in [0.717, 1.165) is 23.1 Å². The van der Waals surface area contributed by atoms with E-state index >= 15 is 0 Å². The number of benzene rings is 1. The van der Waals surface area contributed by atoms with E-state index < -0.39 is 0 Å². The summed E-state index contributed by atoms with van der Waals surface area (Å²) in [4.78, 5) is 0. The topological polar surface area (TPSA) is 47.6 Å². The Bertz CT molecular complexity index is 612. The molecule has 114 valence electrons. The number of nitrogens with zero attached hydrogens (tertiary/aromatic N) is 1. The van der Waals surface area contributed by atoms with Crippen LogP contribution in [0.2, 0.25) is 0 Å². The summed E-state index contributed by atoms with van der Waals surface area (Å²) < 4.78 is 0. The molecule has 0 saturated heterocycles. The van der Waals surface area contributed by atoms with E-state index in [9.17, 15) is 5.26 Å². The molecule has 0 aliphatic heterocycles. The third kappa shape index (κ3) is 4.70. The molecule has 0 saturated carbocycles. The predicted octanol–water partition coefficient (Wildman–Crippen LogP) is 5.46. The predicted molar refractivity (Wildman–Crippen MR) is 92.9 cm³/mol. The molecule has 2 heteroatoms. The Kier molecular flexibility index (Phi) is 6.15. The van der Waals surface area contributed by atoms with Crippen LogP contribution in [0.15, 0.2) is 41.5 Å². The van der Waals surface area contributed by atoms with Crippen molar-refractivity contribution >= 4 is 11.8 Å². The number of unbranched alkanes of at least 4 members (excludes halogenated alkanes) is 3. The zero-order valence-electron chi connectivity index (χ0n) is 13.4. The molecule has 0 amide bonds. The van der Waals surface area contributed by atoms with Crippen molar-refractivity contribution in [2.75, 3.05) is 0 Å². The maximum Gasteiger partial charge on any atom is 0.0991 e. The molecule has 0 fully saturated rings. The van der Waals surface area contributed by atoms with Gasteiger partial charge in [-0.1, -0.05) is 62.6 Å². The molecule has 1 N–H and O–H groups in total. The van der Waals surface area contributed by atoms with Gasteiger partial charge in [0.2, 0.25) is 0 Å². The molecule has 0 spiro atoms. The number of allylic oxidation sites excluding steroid dienone is 3. The van der Waals surface area contributed by atoms with Gasteiger partial charge in [-0.25, -0.2) is 0 Å². The molecule has 0 radical (unpaired) electrons. The van der Waals surface area contributed by atoms with Gasteiger partial charge < -0.3 is 5.41 Å². The fraction of sp³-hybridized carbons (Fsp3) is 0.400. The zero-order chi connectivity index (χ0) is 15.8. The van der Waals surface area contributed by atoms with Gasteiger partial charge in [-0.05, 0) is 29.5 Å². The lowest BCUT2D eigenvalue weighted by atomic mass is 9.91. The fourth-order valence-corrected chi connectivity index (χ4v) is 2.74. The lowest BCUT2D eigenvalue weighted by Gasteiger charge is -2.12. The van der Waals surface area contributed by atoms with Crippen molar-refractivity contribution < 1.29 is 0 Å². The second kappa shape index (κ2) is 8.34. The Labute approximate surface area is 133 Å². The van der Waals surface area contributed by atoms with E-state index in [1.54, 1.807) is 0 Å². The van der Waals surface area contributed by atoms with E-state index in [1.165, 1.54) is 31.2 Å². The summed E-state index contributed by atoms with van der Waals surface area (Å²) in [5.41, 5.74) is 4.86. The van der Waals surface area contributed by atoms with Gasteiger partial charge in [-0.15, -0.1) is 0 Å². The standard InChI is InChI=1S/C20H24N2/c1-2-3-4-5-6-16-7-9-17(10-8-16)13-19-14-20(22)12-11-18(19)15-21/h7-11,13,22H,2-6,12,14H2,1H3. The molecule has 22 heavy (non-hydrogen) atoms. The normalized spacial score (nSPS) is 16.5. The summed E-state index contributed by atoms with van der Waals surface area (Å²) >= 11 is 0.